The number of hydrogen-bond donors (Lipinski definition) is 0. The van der Waals surface area contributed by atoms with Gasteiger partial charge in [0.25, 0.3) is 0 Å². The van der Waals surface area contributed by atoms with Crippen LogP contribution in [0, 0.1) is 11.6 Å². The molecule has 0 radical (unpaired) electrons. The van der Waals surface area contributed by atoms with Gasteiger partial charge in [-0.25, -0.2) is 8.78 Å². The van der Waals surface area contributed by atoms with Crippen molar-refractivity contribution < 1.29 is 8.78 Å². The minimum atomic E-state index is -0.615. The highest BCUT2D eigenvalue weighted by Gasteiger charge is 2.15. The third-order valence-electron chi connectivity index (χ3n) is 2.71. The molecule has 0 nitrogen and oxygen atoms in total. The number of alkyl halides is 1. The van der Waals surface area contributed by atoms with Crippen LogP contribution in [-0.4, -0.2) is 0 Å². The Balaban J connectivity index is 2.23. The molecule has 19 heavy (non-hydrogen) atoms. The summed E-state index contributed by atoms with van der Waals surface area (Å²) in [5.41, 5.74) is 1.00. The molecule has 5 heteroatoms. The fourth-order valence-corrected chi connectivity index (χ4v) is 2.70. The zero-order valence-electron chi connectivity index (χ0n) is 9.64. The standard InChI is InChI=1S/C14H9Cl3F2/c15-9-2-4-11(13(17)6-9)12(16)5-8-1-3-10(18)7-14(8)19/h1-4,6-7,12H,5H2. The molecule has 0 aliphatic heterocycles. The summed E-state index contributed by atoms with van der Waals surface area (Å²) in [6, 6.07) is 8.36. The molecular weight excluding hydrogens is 313 g/mol. The molecule has 0 aliphatic rings. The molecule has 2 aromatic rings. The first-order valence-corrected chi connectivity index (χ1v) is 6.69. The number of hydrogen-bond acceptors (Lipinski definition) is 0. The second-order valence-corrected chi connectivity index (χ2v) is 5.44. The molecule has 1 unspecified atom stereocenters. The van der Waals surface area contributed by atoms with Gasteiger partial charge in [-0.2, -0.15) is 0 Å². The van der Waals surface area contributed by atoms with Crippen LogP contribution in [0.5, 0.6) is 0 Å². The highest BCUT2D eigenvalue weighted by molar-refractivity contribution is 6.35. The van der Waals surface area contributed by atoms with Gasteiger partial charge in [0.05, 0.1) is 5.38 Å². The maximum absolute atomic E-state index is 13.5. The van der Waals surface area contributed by atoms with Crippen LogP contribution in [0.15, 0.2) is 36.4 Å². The lowest BCUT2D eigenvalue weighted by Crippen LogP contribution is -2.00. The summed E-state index contributed by atoms with van der Waals surface area (Å²) in [7, 11) is 0. The SMILES string of the molecule is Fc1ccc(CC(Cl)c2ccc(Cl)cc2Cl)c(F)c1. The van der Waals surface area contributed by atoms with Gasteiger partial charge < -0.3 is 0 Å². The van der Waals surface area contributed by atoms with Gasteiger partial charge in [-0.15, -0.1) is 11.6 Å². The third-order valence-corrected chi connectivity index (χ3v) is 3.67. The van der Waals surface area contributed by atoms with E-state index in [-0.39, 0.29) is 6.42 Å². The Bertz CT molecular complexity index is 599. The van der Waals surface area contributed by atoms with Crippen molar-refractivity contribution in [2.45, 2.75) is 11.8 Å². The van der Waals surface area contributed by atoms with Crippen molar-refractivity contribution in [3.63, 3.8) is 0 Å². The lowest BCUT2D eigenvalue weighted by molar-refractivity contribution is 0.570. The van der Waals surface area contributed by atoms with E-state index in [1.807, 2.05) is 0 Å². The molecule has 0 saturated carbocycles. The van der Waals surface area contributed by atoms with E-state index >= 15 is 0 Å². The fraction of sp³-hybridized carbons (Fsp3) is 0.143. The molecule has 100 valence electrons. The summed E-state index contributed by atoms with van der Waals surface area (Å²) in [5.74, 6) is -1.23. The van der Waals surface area contributed by atoms with Crippen molar-refractivity contribution in [1.29, 1.82) is 0 Å². The lowest BCUT2D eigenvalue weighted by Gasteiger charge is -2.12. The van der Waals surface area contributed by atoms with Crippen molar-refractivity contribution in [2.75, 3.05) is 0 Å². The first-order valence-electron chi connectivity index (χ1n) is 5.50. The number of benzene rings is 2. The minimum absolute atomic E-state index is 0.217. The largest absolute Gasteiger partial charge is 0.207 e. The van der Waals surface area contributed by atoms with Crippen LogP contribution < -0.4 is 0 Å². The summed E-state index contributed by atoms with van der Waals surface area (Å²) < 4.78 is 26.3. The van der Waals surface area contributed by atoms with Crippen LogP contribution in [-0.2, 0) is 6.42 Å². The van der Waals surface area contributed by atoms with Gasteiger partial charge in [0.1, 0.15) is 11.6 Å². The molecule has 0 N–H and O–H groups in total. The minimum Gasteiger partial charge on any atom is -0.207 e. The lowest BCUT2D eigenvalue weighted by atomic mass is 10.0. The Morgan fingerprint density at radius 3 is 2.37 bits per heavy atom. The van der Waals surface area contributed by atoms with E-state index in [0.29, 0.717) is 21.2 Å². The molecule has 2 rings (SSSR count). The highest BCUT2D eigenvalue weighted by atomic mass is 35.5. The van der Waals surface area contributed by atoms with Gasteiger partial charge in [0.15, 0.2) is 0 Å². The molecule has 0 bridgehead atoms. The number of halogens is 5. The Kier molecular flexibility index (Phi) is 4.67. The molecule has 0 aliphatic carbocycles. The molecule has 0 amide bonds. The van der Waals surface area contributed by atoms with E-state index in [4.69, 9.17) is 34.8 Å². The summed E-state index contributed by atoms with van der Waals surface area (Å²) >= 11 is 18.1. The van der Waals surface area contributed by atoms with Crippen molar-refractivity contribution >= 4 is 34.8 Å². The van der Waals surface area contributed by atoms with Crippen LogP contribution in [0.25, 0.3) is 0 Å². The summed E-state index contributed by atoms with van der Waals surface area (Å²) in [6.07, 6.45) is 0.217. The fourth-order valence-electron chi connectivity index (χ4n) is 1.75. The molecule has 0 spiro atoms. The Hall–Kier alpha value is -0.830. The Labute approximate surface area is 124 Å². The van der Waals surface area contributed by atoms with E-state index in [2.05, 4.69) is 0 Å². The van der Waals surface area contributed by atoms with E-state index in [1.165, 1.54) is 12.1 Å². The van der Waals surface area contributed by atoms with Crippen molar-refractivity contribution in [3.8, 4) is 0 Å². The molecule has 1 atom stereocenters. The van der Waals surface area contributed by atoms with Gasteiger partial charge in [0, 0.05) is 16.1 Å². The average Bonchev–Trinajstić information content (AvgIpc) is 2.32. The zero-order valence-corrected chi connectivity index (χ0v) is 11.9. The van der Waals surface area contributed by atoms with Crippen molar-refractivity contribution in [2.24, 2.45) is 0 Å². The quantitative estimate of drug-likeness (QED) is 0.627. The molecule has 0 saturated heterocycles. The maximum atomic E-state index is 13.5. The zero-order chi connectivity index (χ0) is 14.0. The molecule has 0 heterocycles. The van der Waals surface area contributed by atoms with E-state index in [0.717, 1.165) is 6.07 Å². The topological polar surface area (TPSA) is 0 Å². The second-order valence-electron chi connectivity index (χ2n) is 4.07. The van der Waals surface area contributed by atoms with E-state index in [9.17, 15) is 8.78 Å². The Morgan fingerprint density at radius 1 is 1.00 bits per heavy atom. The molecular formula is C14H9Cl3F2. The van der Waals surface area contributed by atoms with Crippen LogP contribution >= 0.6 is 34.8 Å². The van der Waals surface area contributed by atoms with Gasteiger partial charge >= 0.3 is 0 Å². The summed E-state index contributed by atoms with van der Waals surface area (Å²) in [4.78, 5) is 0. The normalized spacial score (nSPS) is 12.5. The van der Waals surface area contributed by atoms with Crippen molar-refractivity contribution in [1.82, 2.24) is 0 Å². The van der Waals surface area contributed by atoms with Gasteiger partial charge in [-0.3, -0.25) is 0 Å². The molecule has 2 aromatic carbocycles. The van der Waals surface area contributed by atoms with Gasteiger partial charge in [0.2, 0.25) is 0 Å². The summed E-state index contributed by atoms with van der Waals surface area (Å²) in [5, 5.41) is 0.422. The third kappa shape index (κ3) is 3.59. The van der Waals surface area contributed by atoms with E-state index < -0.39 is 17.0 Å². The number of rotatable bonds is 3. The van der Waals surface area contributed by atoms with Crippen LogP contribution in [0.1, 0.15) is 16.5 Å². The summed E-state index contributed by atoms with van der Waals surface area (Å²) in [6.45, 7) is 0. The Morgan fingerprint density at radius 2 is 1.74 bits per heavy atom. The van der Waals surface area contributed by atoms with Crippen LogP contribution in [0.4, 0.5) is 8.78 Å². The van der Waals surface area contributed by atoms with Crippen molar-refractivity contribution in [3.05, 3.63) is 69.2 Å². The highest BCUT2D eigenvalue weighted by Crippen LogP contribution is 2.33. The predicted octanol–water partition coefficient (Wildman–Crippen LogP) is 5.79. The first-order chi connectivity index (χ1) is 8.97. The van der Waals surface area contributed by atoms with Crippen LogP contribution in [0.3, 0.4) is 0 Å². The molecule has 0 aromatic heterocycles. The second kappa shape index (κ2) is 6.08. The monoisotopic (exact) mass is 320 g/mol. The van der Waals surface area contributed by atoms with Gasteiger partial charge in [-0.05, 0) is 35.7 Å². The molecule has 0 fully saturated rings. The average molecular weight is 322 g/mol. The van der Waals surface area contributed by atoms with E-state index in [1.54, 1.807) is 18.2 Å². The first kappa shape index (κ1) is 14.6. The smallest absolute Gasteiger partial charge is 0.129 e. The maximum Gasteiger partial charge on any atom is 0.129 e. The van der Waals surface area contributed by atoms with Crippen LogP contribution in [0.2, 0.25) is 10.0 Å². The predicted molar refractivity (Wildman–Crippen MR) is 75.1 cm³/mol. The van der Waals surface area contributed by atoms with Gasteiger partial charge in [-0.1, -0.05) is 35.3 Å².